The Labute approximate surface area is 181 Å². The van der Waals surface area contributed by atoms with E-state index in [-0.39, 0.29) is 17.1 Å². The van der Waals surface area contributed by atoms with Gasteiger partial charge >= 0.3 is 7.12 Å². The van der Waals surface area contributed by atoms with Gasteiger partial charge in [0.2, 0.25) is 0 Å². The van der Waals surface area contributed by atoms with Gasteiger partial charge in [0.25, 0.3) is 5.91 Å². The molecule has 0 aromatic heterocycles. The molecule has 1 aromatic rings. The van der Waals surface area contributed by atoms with Crippen LogP contribution in [0.1, 0.15) is 50.9 Å². The molecule has 0 N–H and O–H groups in total. The molecule has 164 valence electrons. The Bertz CT molecular complexity index is 735. The molecule has 1 amide bonds. The fourth-order valence-electron chi connectivity index (χ4n) is 4.57. The lowest BCUT2D eigenvalue weighted by Gasteiger charge is -2.42. The van der Waals surface area contributed by atoms with E-state index in [1.54, 1.807) is 0 Å². The lowest BCUT2D eigenvalue weighted by molar-refractivity contribution is 0.00578. The number of likely N-dealkylation sites (tertiary alicyclic amines) is 1. The predicted molar refractivity (Wildman–Crippen MR) is 120 cm³/mol. The second-order valence-corrected chi connectivity index (χ2v) is 10.1. The van der Waals surface area contributed by atoms with E-state index in [1.807, 2.05) is 29.2 Å². The number of amides is 1. The third-order valence-electron chi connectivity index (χ3n) is 7.49. The number of hydrogen-bond donors (Lipinski definition) is 0. The minimum atomic E-state index is -0.390. The minimum Gasteiger partial charge on any atom is -0.399 e. The van der Waals surface area contributed by atoms with Gasteiger partial charge in [-0.2, -0.15) is 0 Å². The number of hydrogen-bond acceptors (Lipinski definition) is 5. The highest BCUT2D eigenvalue weighted by Crippen LogP contribution is 2.36. The van der Waals surface area contributed by atoms with Gasteiger partial charge in [0.15, 0.2) is 0 Å². The minimum absolute atomic E-state index is 0.132. The molecular weight excluding hydrogens is 377 g/mol. The number of piperazine rings is 1. The van der Waals surface area contributed by atoms with Crippen molar-refractivity contribution in [3.63, 3.8) is 0 Å². The zero-order valence-corrected chi connectivity index (χ0v) is 19.2. The molecule has 0 saturated carbocycles. The van der Waals surface area contributed by atoms with Crippen molar-refractivity contribution in [1.29, 1.82) is 0 Å². The van der Waals surface area contributed by atoms with Gasteiger partial charge in [0, 0.05) is 50.9 Å². The molecule has 0 spiro atoms. The molecule has 3 aliphatic rings. The molecule has 0 aliphatic carbocycles. The van der Waals surface area contributed by atoms with Crippen molar-refractivity contribution < 1.29 is 14.1 Å². The van der Waals surface area contributed by atoms with Crippen LogP contribution in [0.2, 0.25) is 0 Å². The number of carbonyl (C=O) groups excluding carboxylic acids is 1. The number of nitrogens with zero attached hydrogens (tertiary/aromatic N) is 3. The normalized spacial score (nSPS) is 25.6. The quantitative estimate of drug-likeness (QED) is 0.708. The largest absolute Gasteiger partial charge is 0.494 e. The van der Waals surface area contributed by atoms with Gasteiger partial charge in [-0.3, -0.25) is 9.69 Å². The average molecular weight is 413 g/mol. The number of rotatable bonds is 3. The fraction of sp³-hybridized carbons (Fsp3) is 0.696. The first-order valence-corrected chi connectivity index (χ1v) is 11.3. The molecule has 30 heavy (non-hydrogen) atoms. The maximum atomic E-state index is 13.0. The van der Waals surface area contributed by atoms with Crippen molar-refractivity contribution in [3.8, 4) is 0 Å². The zero-order chi connectivity index (χ0) is 21.5. The van der Waals surface area contributed by atoms with Crippen molar-refractivity contribution in [3.05, 3.63) is 29.8 Å². The molecule has 6 nitrogen and oxygen atoms in total. The first kappa shape index (κ1) is 21.8. The molecule has 7 heteroatoms. The highest BCUT2D eigenvalue weighted by molar-refractivity contribution is 6.62. The SMILES string of the molecule is CN1CCN(C2CCN(C(=O)c3ccc(B4OC(C)(C)C(C)(C)O4)cc3)CC2)CC1. The van der Waals surface area contributed by atoms with Crippen LogP contribution < -0.4 is 5.46 Å². The van der Waals surface area contributed by atoms with Crippen molar-refractivity contribution in [2.45, 2.75) is 57.8 Å². The van der Waals surface area contributed by atoms with E-state index in [2.05, 4.69) is 44.5 Å². The zero-order valence-electron chi connectivity index (χ0n) is 19.2. The van der Waals surface area contributed by atoms with E-state index in [0.717, 1.165) is 63.1 Å². The van der Waals surface area contributed by atoms with Crippen LogP contribution in [0.3, 0.4) is 0 Å². The van der Waals surface area contributed by atoms with E-state index in [1.165, 1.54) is 0 Å². The average Bonchev–Trinajstić information content (AvgIpc) is 2.95. The van der Waals surface area contributed by atoms with E-state index in [9.17, 15) is 4.79 Å². The van der Waals surface area contributed by atoms with Crippen LogP contribution in [0, 0.1) is 0 Å². The summed E-state index contributed by atoms with van der Waals surface area (Å²) < 4.78 is 12.2. The summed E-state index contributed by atoms with van der Waals surface area (Å²) in [7, 11) is 1.80. The Morgan fingerprint density at radius 1 is 0.900 bits per heavy atom. The second kappa shape index (κ2) is 8.27. The maximum absolute atomic E-state index is 13.0. The Kier molecular flexibility index (Phi) is 6.01. The lowest BCUT2D eigenvalue weighted by Crippen LogP contribution is -2.53. The Balaban J connectivity index is 1.33. The molecular formula is C23H36BN3O3. The van der Waals surface area contributed by atoms with Gasteiger partial charge in [-0.05, 0) is 65.2 Å². The Morgan fingerprint density at radius 3 is 1.97 bits per heavy atom. The topological polar surface area (TPSA) is 45.2 Å². The second-order valence-electron chi connectivity index (χ2n) is 10.1. The van der Waals surface area contributed by atoms with Gasteiger partial charge in [0.1, 0.15) is 0 Å². The molecule has 3 saturated heterocycles. The van der Waals surface area contributed by atoms with Crippen molar-refractivity contribution in [2.24, 2.45) is 0 Å². The van der Waals surface area contributed by atoms with Crippen LogP contribution in [-0.4, -0.2) is 91.3 Å². The summed E-state index contributed by atoms with van der Waals surface area (Å²) in [4.78, 5) is 20.0. The van der Waals surface area contributed by atoms with Gasteiger partial charge in [-0.25, -0.2) is 0 Å². The third kappa shape index (κ3) is 4.31. The molecule has 3 fully saturated rings. The first-order valence-electron chi connectivity index (χ1n) is 11.3. The van der Waals surface area contributed by atoms with Crippen LogP contribution in [0.5, 0.6) is 0 Å². The molecule has 4 rings (SSSR count). The third-order valence-corrected chi connectivity index (χ3v) is 7.49. The fourth-order valence-corrected chi connectivity index (χ4v) is 4.57. The van der Waals surface area contributed by atoms with Crippen LogP contribution in [0.4, 0.5) is 0 Å². The molecule has 3 aliphatic heterocycles. The summed E-state index contributed by atoms with van der Waals surface area (Å²) in [6, 6.07) is 8.37. The summed E-state index contributed by atoms with van der Waals surface area (Å²) in [5.74, 6) is 0.132. The summed E-state index contributed by atoms with van der Waals surface area (Å²) in [5.41, 5.74) is 0.980. The smallest absolute Gasteiger partial charge is 0.399 e. The van der Waals surface area contributed by atoms with E-state index >= 15 is 0 Å². The van der Waals surface area contributed by atoms with E-state index < -0.39 is 7.12 Å². The van der Waals surface area contributed by atoms with Gasteiger partial charge in [-0.15, -0.1) is 0 Å². The number of piperidine rings is 1. The highest BCUT2D eigenvalue weighted by Gasteiger charge is 2.51. The molecule has 0 bridgehead atoms. The predicted octanol–water partition coefficient (Wildman–Crippen LogP) is 1.84. The van der Waals surface area contributed by atoms with E-state index in [4.69, 9.17) is 9.31 Å². The Morgan fingerprint density at radius 2 is 1.43 bits per heavy atom. The molecule has 1 aromatic carbocycles. The molecule has 0 unspecified atom stereocenters. The summed E-state index contributed by atoms with van der Waals surface area (Å²) in [6.07, 6.45) is 2.14. The van der Waals surface area contributed by atoms with Crippen molar-refractivity contribution >= 4 is 18.5 Å². The number of likely N-dealkylation sites (N-methyl/N-ethyl adjacent to an activating group) is 1. The summed E-state index contributed by atoms with van der Waals surface area (Å²) in [5, 5.41) is 0. The van der Waals surface area contributed by atoms with E-state index in [0.29, 0.717) is 6.04 Å². The molecule has 0 atom stereocenters. The molecule has 3 heterocycles. The standard InChI is InChI=1S/C23H36BN3O3/c1-22(2)23(3,4)30-24(29-22)19-8-6-18(7-9-19)21(28)27-12-10-20(11-13-27)26-16-14-25(5)15-17-26/h6-9,20H,10-17H2,1-5H3. The summed E-state index contributed by atoms with van der Waals surface area (Å²) in [6.45, 7) is 14.5. The van der Waals surface area contributed by atoms with Gasteiger partial charge < -0.3 is 19.1 Å². The van der Waals surface area contributed by atoms with Crippen LogP contribution in [0.25, 0.3) is 0 Å². The first-order chi connectivity index (χ1) is 14.2. The molecule has 0 radical (unpaired) electrons. The van der Waals surface area contributed by atoms with Crippen LogP contribution in [0.15, 0.2) is 24.3 Å². The monoisotopic (exact) mass is 413 g/mol. The Hall–Kier alpha value is -1.41. The lowest BCUT2D eigenvalue weighted by atomic mass is 9.79. The van der Waals surface area contributed by atoms with Crippen LogP contribution >= 0.6 is 0 Å². The highest BCUT2D eigenvalue weighted by atomic mass is 16.7. The summed E-state index contributed by atoms with van der Waals surface area (Å²) >= 11 is 0. The van der Waals surface area contributed by atoms with Crippen molar-refractivity contribution in [2.75, 3.05) is 46.3 Å². The number of benzene rings is 1. The van der Waals surface area contributed by atoms with Gasteiger partial charge in [0.05, 0.1) is 11.2 Å². The maximum Gasteiger partial charge on any atom is 0.494 e. The van der Waals surface area contributed by atoms with Crippen LogP contribution in [-0.2, 0) is 9.31 Å². The van der Waals surface area contributed by atoms with Crippen molar-refractivity contribution in [1.82, 2.24) is 14.7 Å². The van der Waals surface area contributed by atoms with Gasteiger partial charge in [-0.1, -0.05) is 12.1 Å². The number of carbonyl (C=O) groups is 1.